The second-order valence-corrected chi connectivity index (χ2v) is 8.30. The fourth-order valence-electron chi connectivity index (χ4n) is 3.76. The van der Waals surface area contributed by atoms with E-state index in [4.69, 9.17) is 14.2 Å². The number of aliphatic imine (C=N–C) groups is 1. The number of rotatable bonds is 9. The predicted octanol–water partition coefficient (Wildman–Crippen LogP) is 4.21. The van der Waals surface area contributed by atoms with Crippen LogP contribution in [-0.2, 0) is 22.6 Å². The van der Waals surface area contributed by atoms with Gasteiger partial charge in [0.2, 0.25) is 0 Å². The molecule has 1 unspecified atom stereocenters. The second-order valence-electron chi connectivity index (χ2n) is 8.30. The van der Waals surface area contributed by atoms with Crippen LogP contribution in [0.2, 0.25) is 0 Å². The first-order valence-corrected chi connectivity index (χ1v) is 11.0. The zero-order valence-electron chi connectivity index (χ0n) is 19.1. The van der Waals surface area contributed by atoms with E-state index in [-0.39, 0.29) is 11.6 Å². The Morgan fingerprint density at radius 3 is 2.68 bits per heavy atom. The number of nitrogens with zero attached hydrogens (tertiary/aromatic N) is 1. The largest absolute Gasteiger partial charge is 0.487 e. The Morgan fingerprint density at radius 2 is 1.87 bits per heavy atom. The zero-order valence-corrected chi connectivity index (χ0v) is 19.1. The minimum Gasteiger partial charge on any atom is -0.487 e. The lowest BCUT2D eigenvalue weighted by molar-refractivity contribution is 0.0453. The highest BCUT2D eigenvalue weighted by Gasteiger charge is 2.33. The van der Waals surface area contributed by atoms with Crippen LogP contribution in [0.3, 0.4) is 0 Å². The van der Waals surface area contributed by atoms with Crippen LogP contribution in [0.15, 0.2) is 53.5 Å². The van der Waals surface area contributed by atoms with Gasteiger partial charge in [0.05, 0.1) is 25.9 Å². The number of hydrogen-bond donors (Lipinski definition) is 2. The summed E-state index contributed by atoms with van der Waals surface area (Å²) in [6.45, 7) is 9.45. The summed E-state index contributed by atoms with van der Waals surface area (Å²) < 4.78 is 17.1. The molecule has 0 spiro atoms. The van der Waals surface area contributed by atoms with Crippen molar-refractivity contribution in [3.8, 4) is 5.75 Å². The molecule has 0 fully saturated rings. The van der Waals surface area contributed by atoms with Crippen LogP contribution in [0.5, 0.6) is 5.75 Å². The van der Waals surface area contributed by atoms with Crippen LogP contribution in [0.25, 0.3) is 0 Å². The molecule has 1 heterocycles. The van der Waals surface area contributed by atoms with E-state index in [1.165, 1.54) is 5.56 Å². The second kappa shape index (κ2) is 11.2. The summed E-state index contributed by atoms with van der Waals surface area (Å²) in [5.41, 5.74) is 3.26. The molecule has 2 aromatic carbocycles. The Labute approximate surface area is 186 Å². The van der Waals surface area contributed by atoms with Crippen molar-refractivity contribution < 1.29 is 14.2 Å². The van der Waals surface area contributed by atoms with E-state index in [2.05, 4.69) is 59.8 Å². The predicted molar refractivity (Wildman–Crippen MR) is 124 cm³/mol. The fourth-order valence-corrected chi connectivity index (χ4v) is 3.76. The van der Waals surface area contributed by atoms with E-state index in [1.54, 1.807) is 7.05 Å². The number of hydrogen-bond acceptors (Lipinski definition) is 4. The molecule has 1 atom stereocenters. The standard InChI is InChI=1S/C25H35N3O3/c1-5-29-13-14-30-18-20-10-8-9-19(15-20)17-27-24(26-4)28-22-16-25(2,3)31-23-12-7-6-11-21(22)23/h6-12,15,22H,5,13-14,16-18H2,1-4H3,(H2,26,27,28). The smallest absolute Gasteiger partial charge is 0.191 e. The average molecular weight is 426 g/mol. The molecular weight excluding hydrogens is 390 g/mol. The first-order chi connectivity index (χ1) is 15.0. The molecule has 0 aliphatic carbocycles. The summed E-state index contributed by atoms with van der Waals surface area (Å²) in [5, 5.41) is 7.02. The van der Waals surface area contributed by atoms with Gasteiger partial charge in [0, 0.05) is 32.2 Å². The molecule has 0 aromatic heterocycles. The molecule has 1 aliphatic heterocycles. The lowest BCUT2D eigenvalue weighted by Crippen LogP contribution is -2.45. The quantitative estimate of drug-likeness (QED) is 0.358. The lowest BCUT2D eigenvalue weighted by atomic mass is 9.90. The van der Waals surface area contributed by atoms with Crippen molar-refractivity contribution in [2.45, 2.75) is 52.0 Å². The summed E-state index contributed by atoms with van der Waals surface area (Å²) in [6.07, 6.45) is 0.860. The van der Waals surface area contributed by atoms with Crippen LogP contribution < -0.4 is 15.4 Å². The number of ether oxygens (including phenoxy) is 3. The third-order valence-electron chi connectivity index (χ3n) is 5.21. The summed E-state index contributed by atoms with van der Waals surface area (Å²) in [7, 11) is 1.80. The van der Waals surface area contributed by atoms with Crippen molar-refractivity contribution in [3.05, 3.63) is 65.2 Å². The van der Waals surface area contributed by atoms with Gasteiger partial charge in [-0.2, -0.15) is 0 Å². The summed E-state index contributed by atoms with van der Waals surface area (Å²) in [4.78, 5) is 4.43. The Balaban J connectivity index is 1.56. The van der Waals surface area contributed by atoms with E-state index in [1.807, 2.05) is 25.1 Å². The van der Waals surface area contributed by atoms with Gasteiger partial charge in [0.1, 0.15) is 11.4 Å². The fraction of sp³-hybridized carbons (Fsp3) is 0.480. The van der Waals surface area contributed by atoms with Crippen molar-refractivity contribution in [2.24, 2.45) is 4.99 Å². The Hall–Kier alpha value is -2.57. The molecule has 0 amide bonds. The van der Waals surface area contributed by atoms with E-state index >= 15 is 0 Å². The van der Waals surface area contributed by atoms with Crippen LogP contribution in [0.4, 0.5) is 0 Å². The van der Waals surface area contributed by atoms with Gasteiger partial charge >= 0.3 is 0 Å². The molecular formula is C25H35N3O3. The van der Waals surface area contributed by atoms with Gasteiger partial charge in [0.15, 0.2) is 5.96 Å². The normalized spacial score (nSPS) is 17.5. The summed E-state index contributed by atoms with van der Waals surface area (Å²) >= 11 is 0. The first kappa shape index (κ1) is 23.1. The lowest BCUT2D eigenvalue weighted by Gasteiger charge is -2.38. The van der Waals surface area contributed by atoms with E-state index in [9.17, 15) is 0 Å². The highest BCUT2D eigenvalue weighted by molar-refractivity contribution is 5.80. The molecule has 0 saturated carbocycles. The van der Waals surface area contributed by atoms with Gasteiger partial charge < -0.3 is 24.8 Å². The van der Waals surface area contributed by atoms with Crippen molar-refractivity contribution in [1.82, 2.24) is 10.6 Å². The molecule has 2 aromatic rings. The minimum absolute atomic E-state index is 0.135. The summed E-state index contributed by atoms with van der Waals surface area (Å²) in [5.74, 6) is 1.71. The van der Waals surface area contributed by atoms with Crippen LogP contribution in [0.1, 0.15) is 49.9 Å². The molecule has 3 rings (SSSR count). The third-order valence-corrected chi connectivity index (χ3v) is 5.21. The van der Waals surface area contributed by atoms with Gasteiger partial charge in [-0.1, -0.05) is 42.5 Å². The Morgan fingerprint density at radius 1 is 1.10 bits per heavy atom. The van der Waals surface area contributed by atoms with E-state index < -0.39 is 0 Å². The Kier molecular flexibility index (Phi) is 8.32. The van der Waals surface area contributed by atoms with Crippen LogP contribution in [0, 0.1) is 0 Å². The molecule has 168 valence electrons. The number of guanidine groups is 1. The van der Waals surface area contributed by atoms with Crippen molar-refractivity contribution >= 4 is 5.96 Å². The average Bonchev–Trinajstić information content (AvgIpc) is 2.76. The minimum atomic E-state index is -0.235. The number of fused-ring (bicyclic) bond motifs is 1. The SMILES string of the molecule is CCOCCOCc1cccc(CNC(=NC)NC2CC(C)(C)Oc3ccccc32)c1. The molecule has 2 N–H and O–H groups in total. The van der Waals surface area contributed by atoms with Crippen molar-refractivity contribution in [2.75, 3.05) is 26.9 Å². The Bertz CT molecular complexity index is 867. The summed E-state index contributed by atoms with van der Waals surface area (Å²) in [6, 6.07) is 16.8. The number of benzene rings is 2. The van der Waals surface area contributed by atoms with E-state index in [0.717, 1.165) is 35.9 Å². The van der Waals surface area contributed by atoms with Gasteiger partial charge in [-0.05, 0) is 38.0 Å². The maximum Gasteiger partial charge on any atom is 0.191 e. The third kappa shape index (κ3) is 6.97. The molecule has 31 heavy (non-hydrogen) atoms. The van der Waals surface area contributed by atoms with Gasteiger partial charge in [-0.15, -0.1) is 0 Å². The van der Waals surface area contributed by atoms with Gasteiger partial charge in [0.25, 0.3) is 0 Å². The first-order valence-electron chi connectivity index (χ1n) is 11.0. The highest BCUT2D eigenvalue weighted by Crippen LogP contribution is 2.39. The van der Waals surface area contributed by atoms with Crippen LogP contribution in [-0.4, -0.2) is 38.4 Å². The van der Waals surface area contributed by atoms with Crippen molar-refractivity contribution in [1.29, 1.82) is 0 Å². The maximum absolute atomic E-state index is 6.14. The molecule has 1 aliphatic rings. The molecule has 6 heteroatoms. The number of nitrogens with one attached hydrogen (secondary N) is 2. The molecule has 6 nitrogen and oxygen atoms in total. The zero-order chi connectivity index (χ0) is 22.1. The molecule has 0 radical (unpaired) electrons. The topological polar surface area (TPSA) is 64.1 Å². The van der Waals surface area contributed by atoms with Crippen LogP contribution >= 0.6 is 0 Å². The van der Waals surface area contributed by atoms with E-state index in [0.29, 0.717) is 26.4 Å². The number of para-hydroxylation sites is 1. The van der Waals surface area contributed by atoms with Gasteiger partial charge in [-0.3, -0.25) is 4.99 Å². The molecule has 0 bridgehead atoms. The maximum atomic E-state index is 6.14. The van der Waals surface area contributed by atoms with Crippen molar-refractivity contribution in [3.63, 3.8) is 0 Å². The van der Waals surface area contributed by atoms with Gasteiger partial charge in [-0.25, -0.2) is 0 Å². The highest BCUT2D eigenvalue weighted by atomic mass is 16.5. The molecule has 0 saturated heterocycles. The monoisotopic (exact) mass is 425 g/mol.